The number of carbonyl (C=O) groups is 2. The van der Waals surface area contributed by atoms with Crippen LogP contribution < -0.4 is 10.1 Å². The summed E-state index contributed by atoms with van der Waals surface area (Å²) in [6, 6.07) is 14.3. The highest BCUT2D eigenvalue weighted by Crippen LogP contribution is 2.27. The van der Waals surface area contributed by atoms with E-state index < -0.39 is 6.04 Å². The Bertz CT molecular complexity index is 901. The van der Waals surface area contributed by atoms with Gasteiger partial charge in [0.1, 0.15) is 11.8 Å². The van der Waals surface area contributed by atoms with Gasteiger partial charge in [-0.15, -0.1) is 0 Å². The molecule has 0 aliphatic heterocycles. The fraction of sp³-hybridized carbons (Fsp3) is 0.440. The van der Waals surface area contributed by atoms with Gasteiger partial charge in [-0.25, -0.2) is 0 Å². The van der Waals surface area contributed by atoms with Gasteiger partial charge < -0.3 is 15.0 Å². The number of hydrogen-bond acceptors (Lipinski definition) is 3. The molecular formula is C25H30Cl2N2O3. The first-order valence-corrected chi connectivity index (χ1v) is 11.9. The van der Waals surface area contributed by atoms with Gasteiger partial charge in [0.15, 0.2) is 6.61 Å². The van der Waals surface area contributed by atoms with Crippen LogP contribution in [0, 0.1) is 0 Å². The van der Waals surface area contributed by atoms with Gasteiger partial charge in [-0.3, -0.25) is 9.59 Å². The molecule has 0 bridgehead atoms. The van der Waals surface area contributed by atoms with E-state index in [9.17, 15) is 9.59 Å². The van der Waals surface area contributed by atoms with Crippen molar-refractivity contribution in [1.29, 1.82) is 0 Å². The summed E-state index contributed by atoms with van der Waals surface area (Å²) >= 11 is 12.1. The molecule has 2 aromatic rings. The van der Waals surface area contributed by atoms with Gasteiger partial charge in [-0.05, 0) is 49.9 Å². The fourth-order valence-electron chi connectivity index (χ4n) is 3.95. The van der Waals surface area contributed by atoms with Gasteiger partial charge in [0.05, 0.1) is 5.02 Å². The molecule has 1 atom stereocenters. The smallest absolute Gasteiger partial charge is 0.261 e. The van der Waals surface area contributed by atoms with Gasteiger partial charge in [-0.2, -0.15) is 0 Å². The summed E-state index contributed by atoms with van der Waals surface area (Å²) in [5.74, 6) is -0.00665. The standard InChI is InChI=1S/C25H30Cl2N2O3/c1-18(25(31)28-21-10-6-3-7-11-21)29(15-14-19-8-4-2-5-9-19)24(30)17-32-23-13-12-20(26)16-22(23)27/h2,4-5,8-9,12-13,16,18,21H,3,6-7,10-11,14-15,17H2,1H3,(H,28,31). The van der Waals surface area contributed by atoms with E-state index in [-0.39, 0.29) is 24.5 Å². The zero-order chi connectivity index (χ0) is 22.9. The molecule has 7 heteroatoms. The molecular weight excluding hydrogens is 447 g/mol. The van der Waals surface area contributed by atoms with Crippen LogP contribution in [0.5, 0.6) is 5.75 Å². The Balaban J connectivity index is 1.66. The lowest BCUT2D eigenvalue weighted by Crippen LogP contribution is -2.52. The summed E-state index contributed by atoms with van der Waals surface area (Å²) in [7, 11) is 0. The van der Waals surface area contributed by atoms with Crippen molar-refractivity contribution >= 4 is 35.0 Å². The number of hydrogen-bond donors (Lipinski definition) is 1. The summed E-state index contributed by atoms with van der Waals surface area (Å²) < 4.78 is 5.65. The van der Waals surface area contributed by atoms with Crippen LogP contribution in [-0.2, 0) is 16.0 Å². The lowest BCUT2D eigenvalue weighted by atomic mass is 9.95. The molecule has 1 saturated carbocycles. The molecule has 5 nitrogen and oxygen atoms in total. The zero-order valence-corrected chi connectivity index (χ0v) is 19.9. The Morgan fingerprint density at radius 1 is 1.09 bits per heavy atom. The Hall–Kier alpha value is -2.24. The Morgan fingerprint density at radius 2 is 1.81 bits per heavy atom. The molecule has 1 aliphatic carbocycles. The SMILES string of the molecule is CC(C(=O)NC1CCCCC1)N(CCc1ccccc1)C(=O)COc1ccc(Cl)cc1Cl. The molecule has 0 heterocycles. The van der Waals surface area contributed by atoms with Gasteiger partial charge in [-0.1, -0.05) is 72.8 Å². The number of carbonyl (C=O) groups excluding carboxylic acids is 2. The third-order valence-corrected chi connectivity index (χ3v) is 6.38. The molecule has 3 rings (SSSR count). The van der Waals surface area contributed by atoms with E-state index in [1.54, 1.807) is 30.0 Å². The van der Waals surface area contributed by atoms with Gasteiger partial charge in [0, 0.05) is 17.6 Å². The third kappa shape index (κ3) is 7.14. The molecule has 1 aliphatic rings. The van der Waals surface area contributed by atoms with Crippen molar-refractivity contribution in [3.8, 4) is 5.75 Å². The largest absolute Gasteiger partial charge is 0.482 e. The Labute approximate surface area is 200 Å². The van der Waals surface area contributed by atoms with Crippen LogP contribution >= 0.6 is 23.2 Å². The van der Waals surface area contributed by atoms with Crippen LogP contribution in [0.25, 0.3) is 0 Å². The molecule has 1 unspecified atom stereocenters. The van der Waals surface area contributed by atoms with Crippen molar-refractivity contribution < 1.29 is 14.3 Å². The second-order valence-electron chi connectivity index (χ2n) is 8.21. The predicted octanol–water partition coefficient (Wildman–Crippen LogP) is 5.28. The number of benzene rings is 2. The molecule has 0 spiro atoms. The predicted molar refractivity (Wildman–Crippen MR) is 128 cm³/mol. The van der Waals surface area contributed by atoms with Gasteiger partial charge in [0.2, 0.25) is 5.91 Å². The number of rotatable bonds is 9. The van der Waals surface area contributed by atoms with Crippen molar-refractivity contribution in [2.45, 2.75) is 57.5 Å². The van der Waals surface area contributed by atoms with E-state index in [1.165, 1.54) is 6.42 Å². The molecule has 2 aromatic carbocycles. The molecule has 1 fully saturated rings. The first kappa shape index (κ1) is 24.4. The van der Waals surface area contributed by atoms with Gasteiger partial charge >= 0.3 is 0 Å². The summed E-state index contributed by atoms with van der Waals surface area (Å²) in [6.45, 7) is 1.98. The highest BCUT2D eigenvalue weighted by molar-refractivity contribution is 6.35. The van der Waals surface area contributed by atoms with Crippen LogP contribution in [-0.4, -0.2) is 41.9 Å². The summed E-state index contributed by atoms with van der Waals surface area (Å²) in [5, 5.41) is 3.96. The quantitative estimate of drug-likeness (QED) is 0.535. The maximum atomic E-state index is 13.1. The van der Waals surface area contributed by atoms with Crippen LogP contribution in [0.4, 0.5) is 0 Å². The monoisotopic (exact) mass is 476 g/mol. The first-order chi connectivity index (χ1) is 15.4. The molecule has 32 heavy (non-hydrogen) atoms. The van der Waals surface area contributed by atoms with E-state index in [0.717, 1.165) is 31.2 Å². The second-order valence-corrected chi connectivity index (χ2v) is 9.05. The molecule has 0 aromatic heterocycles. The van der Waals surface area contributed by atoms with Gasteiger partial charge in [0.25, 0.3) is 5.91 Å². The van der Waals surface area contributed by atoms with Crippen molar-refractivity contribution in [3.05, 3.63) is 64.1 Å². The van der Waals surface area contributed by atoms with Crippen LogP contribution in [0.3, 0.4) is 0 Å². The Kier molecular flexibility index (Phi) is 9.24. The topological polar surface area (TPSA) is 58.6 Å². The minimum atomic E-state index is -0.600. The molecule has 1 N–H and O–H groups in total. The number of amides is 2. The fourth-order valence-corrected chi connectivity index (χ4v) is 4.42. The molecule has 2 amide bonds. The summed E-state index contributed by atoms with van der Waals surface area (Å²) in [6.07, 6.45) is 6.12. The second kappa shape index (κ2) is 12.1. The lowest BCUT2D eigenvalue weighted by molar-refractivity contribution is -0.141. The highest BCUT2D eigenvalue weighted by atomic mass is 35.5. The van der Waals surface area contributed by atoms with Crippen LogP contribution in [0.1, 0.15) is 44.6 Å². The summed E-state index contributed by atoms with van der Waals surface area (Å²) in [4.78, 5) is 27.7. The van der Waals surface area contributed by atoms with E-state index >= 15 is 0 Å². The first-order valence-electron chi connectivity index (χ1n) is 11.2. The number of nitrogens with one attached hydrogen (secondary N) is 1. The molecule has 172 valence electrons. The maximum Gasteiger partial charge on any atom is 0.261 e. The molecule has 0 saturated heterocycles. The number of ether oxygens (including phenoxy) is 1. The third-order valence-electron chi connectivity index (χ3n) is 5.85. The highest BCUT2D eigenvalue weighted by Gasteiger charge is 2.28. The number of nitrogens with zero attached hydrogens (tertiary/aromatic N) is 1. The van der Waals surface area contributed by atoms with Crippen LogP contribution in [0.2, 0.25) is 10.0 Å². The van der Waals surface area contributed by atoms with E-state index in [1.807, 2.05) is 30.3 Å². The van der Waals surface area contributed by atoms with Crippen LogP contribution in [0.15, 0.2) is 48.5 Å². The van der Waals surface area contributed by atoms with Crippen molar-refractivity contribution in [2.24, 2.45) is 0 Å². The number of halogens is 2. The Morgan fingerprint density at radius 3 is 2.50 bits per heavy atom. The van der Waals surface area contributed by atoms with Crippen molar-refractivity contribution in [1.82, 2.24) is 10.2 Å². The van der Waals surface area contributed by atoms with E-state index in [0.29, 0.717) is 28.8 Å². The van der Waals surface area contributed by atoms with E-state index in [4.69, 9.17) is 27.9 Å². The molecule has 0 radical (unpaired) electrons. The lowest BCUT2D eigenvalue weighted by Gasteiger charge is -2.31. The van der Waals surface area contributed by atoms with Crippen molar-refractivity contribution in [2.75, 3.05) is 13.2 Å². The maximum absolute atomic E-state index is 13.1. The van der Waals surface area contributed by atoms with Crippen molar-refractivity contribution in [3.63, 3.8) is 0 Å². The zero-order valence-electron chi connectivity index (χ0n) is 18.4. The average Bonchev–Trinajstić information content (AvgIpc) is 2.80. The minimum absolute atomic E-state index is 0.122. The minimum Gasteiger partial charge on any atom is -0.482 e. The summed E-state index contributed by atoms with van der Waals surface area (Å²) in [5.41, 5.74) is 1.10. The average molecular weight is 477 g/mol. The normalized spacial score (nSPS) is 15.1. The van der Waals surface area contributed by atoms with E-state index in [2.05, 4.69) is 5.32 Å².